The van der Waals surface area contributed by atoms with Crippen LogP contribution < -0.4 is 17.0 Å². The quantitative estimate of drug-likeness (QED) is 0.174. The van der Waals surface area contributed by atoms with Gasteiger partial charge < -0.3 is 21.9 Å². The minimum Gasteiger partial charge on any atom is -1.00 e. The summed E-state index contributed by atoms with van der Waals surface area (Å²) >= 11 is 0. The normalized spacial score (nSPS) is 12.9. The SMILES string of the molecule is CO[N+](CCCCCCCCCCCC[PH](=O)O)(OC)OC.[Br-]. The van der Waals surface area contributed by atoms with Crippen LogP contribution in [-0.4, -0.2) is 43.9 Å². The molecule has 1 unspecified atom stereocenters. The number of hydrogen-bond donors (Lipinski definition) is 1. The molecule has 0 aliphatic carbocycles. The molecule has 0 aliphatic heterocycles. The Bertz CT molecular complexity index is 272. The fraction of sp³-hybridized carbons (Fsp3) is 1.00. The standard InChI is InChI=1S/C15H34NO5P.BrH/c1-19-16(20-2,21-3)14-12-10-8-6-4-5-7-9-11-13-15-22(17)18;/h22H,4-15H2,1-3H3;1H. The van der Waals surface area contributed by atoms with E-state index < -0.39 is 8.03 Å². The van der Waals surface area contributed by atoms with E-state index in [0.717, 1.165) is 25.7 Å². The number of nitrogens with zero attached hydrogens (tertiary/aromatic N) is 1. The summed E-state index contributed by atoms with van der Waals surface area (Å²) in [7, 11) is 2.49. The Morgan fingerprint density at radius 1 is 0.739 bits per heavy atom. The topological polar surface area (TPSA) is 65.0 Å². The molecule has 0 bridgehead atoms. The van der Waals surface area contributed by atoms with Gasteiger partial charge in [0.1, 0.15) is 21.3 Å². The fourth-order valence-electron chi connectivity index (χ4n) is 2.49. The smallest absolute Gasteiger partial charge is 0.189 e. The third-order valence-corrected chi connectivity index (χ3v) is 4.69. The van der Waals surface area contributed by atoms with Crippen LogP contribution in [0.15, 0.2) is 0 Å². The Kier molecular flexibility index (Phi) is 19.4. The summed E-state index contributed by atoms with van der Waals surface area (Å²) in [6.45, 7) is 0.692. The maximum absolute atomic E-state index is 10.5. The van der Waals surface area contributed by atoms with Gasteiger partial charge in [-0.05, 0) is 12.8 Å². The van der Waals surface area contributed by atoms with Gasteiger partial charge >= 0.3 is 0 Å². The van der Waals surface area contributed by atoms with Crippen molar-refractivity contribution in [1.82, 2.24) is 0 Å². The molecule has 0 amide bonds. The summed E-state index contributed by atoms with van der Waals surface area (Å²) in [4.78, 5) is 24.1. The average Bonchev–Trinajstić information content (AvgIpc) is 2.52. The molecule has 142 valence electrons. The number of unbranched alkanes of at least 4 members (excludes halogenated alkanes) is 9. The van der Waals surface area contributed by atoms with E-state index >= 15 is 0 Å². The van der Waals surface area contributed by atoms with Crippen molar-refractivity contribution in [3.8, 4) is 0 Å². The second kappa shape index (κ2) is 17.3. The van der Waals surface area contributed by atoms with Gasteiger partial charge in [0.25, 0.3) is 0 Å². The first-order valence-corrected chi connectivity index (χ1v) is 9.93. The highest BCUT2D eigenvalue weighted by Gasteiger charge is 2.29. The molecule has 0 saturated carbocycles. The van der Waals surface area contributed by atoms with E-state index in [9.17, 15) is 4.57 Å². The lowest BCUT2D eigenvalue weighted by Gasteiger charge is -2.24. The van der Waals surface area contributed by atoms with Crippen LogP contribution in [0.5, 0.6) is 0 Å². The first-order valence-electron chi connectivity index (χ1n) is 8.37. The first kappa shape index (κ1) is 25.7. The Morgan fingerprint density at radius 2 is 1.09 bits per heavy atom. The van der Waals surface area contributed by atoms with E-state index in [4.69, 9.17) is 19.4 Å². The Balaban J connectivity index is 0. The van der Waals surface area contributed by atoms with Crippen LogP contribution in [0.3, 0.4) is 0 Å². The molecule has 0 aliphatic rings. The summed E-state index contributed by atoms with van der Waals surface area (Å²) in [5.74, 6) is 0. The van der Waals surface area contributed by atoms with E-state index in [1.807, 2.05) is 0 Å². The molecule has 0 radical (unpaired) electrons. The average molecular weight is 420 g/mol. The molecule has 8 heteroatoms. The lowest BCUT2D eigenvalue weighted by molar-refractivity contribution is -1.36. The number of quaternary nitrogens is 1. The minimum absolute atomic E-state index is 0. The van der Waals surface area contributed by atoms with Crippen molar-refractivity contribution >= 4 is 8.03 Å². The summed E-state index contributed by atoms with van der Waals surface area (Å²) < 4.78 is 10.5. The lowest BCUT2D eigenvalue weighted by atomic mass is 10.1. The predicted molar refractivity (Wildman–Crippen MR) is 88.4 cm³/mol. The summed E-state index contributed by atoms with van der Waals surface area (Å²) in [5, 5.41) is 0. The molecule has 0 fully saturated rings. The van der Waals surface area contributed by atoms with Crippen molar-refractivity contribution in [3.05, 3.63) is 0 Å². The molecule has 23 heavy (non-hydrogen) atoms. The molecule has 0 heterocycles. The molecular weight excluding hydrogens is 385 g/mol. The van der Waals surface area contributed by atoms with Crippen LogP contribution >= 0.6 is 8.03 Å². The highest BCUT2D eigenvalue weighted by Crippen LogP contribution is 2.17. The van der Waals surface area contributed by atoms with Crippen molar-refractivity contribution in [1.29, 1.82) is 0 Å². The van der Waals surface area contributed by atoms with Gasteiger partial charge in [-0.2, -0.15) is 0 Å². The molecular formula is C15H35BrNO5P. The largest absolute Gasteiger partial charge is 1.00 e. The molecule has 0 rings (SSSR count). The monoisotopic (exact) mass is 419 g/mol. The van der Waals surface area contributed by atoms with Crippen LogP contribution in [0.25, 0.3) is 0 Å². The van der Waals surface area contributed by atoms with Crippen molar-refractivity contribution in [2.45, 2.75) is 64.2 Å². The van der Waals surface area contributed by atoms with Gasteiger partial charge in [0, 0.05) is 12.6 Å². The van der Waals surface area contributed by atoms with Crippen molar-refractivity contribution in [2.75, 3.05) is 34.0 Å². The van der Waals surface area contributed by atoms with Gasteiger partial charge in [-0.15, -0.1) is 14.5 Å². The molecule has 0 spiro atoms. The van der Waals surface area contributed by atoms with Crippen molar-refractivity contribution in [3.63, 3.8) is 0 Å². The Morgan fingerprint density at radius 3 is 1.43 bits per heavy atom. The summed E-state index contributed by atoms with van der Waals surface area (Å²) in [5.41, 5.74) is 0. The zero-order valence-corrected chi connectivity index (χ0v) is 17.5. The van der Waals surface area contributed by atoms with Crippen LogP contribution in [0.2, 0.25) is 0 Å². The second-order valence-corrected chi connectivity index (χ2v) is 6.85. The van der Waals surface area contributed by atoms with Crippen LogP contribution in [0, 0.1) is 0 Å². The number of rotatable bonds is 16. The minimum atomic E-state index is -2.24. The first-order chi connectivity index (χ1) is 10.6. The molecule has 1 atom stereocenters. The molecule has 1 N–H and O–H groups in total. The van der Waals surface area contributed by atoms with Gasteiger partial charge in [0.2, 0.25) is 0 Å². The Hall–Kier alpha value is 0.510. The fourth-order valence-corrected chi connectivity index (χ4v) is 3.05. The maximum Gasteiger partial charge on any atom is 0.189 e. The molecule has 0 aromatic heterocycles. The third kappa shape index (κ3) is 14.6. The van der Waals surface area contributed by atoms with Gasteiger partial charge in [0.15, 0.2) is 14.6 Å². The zero-order chi connectivity index (χ0) is 16.7. The highest BCUT2D eigenvalue weighted by molar-refractivity contribution is 7.37. The Labute approximate surface area is 152 Å². The van der Waals surface area contributed by atoms with Crippen molar-refractivity contribution < 1.29 is 45.9 Å². The van der Waals surface area contributed by atoms with E-state index in [1.54, 1.807) is 21.3 Å². The zero-order valence-electron chi connectivity index (χ0n) is 14.9. The van der Waals surface area contributed by atoms with Gasteiger partial charge in [-0.3, -0.25) is 4.57 Å². The van der Waals surface area contributed by atoms with E-state index in [1.165, 1.54) is 38.5 Å². The second-order valence-electron chi connectivity index (χ2n) is 5.56. The highest BCUT2D eigenvalue weighted by atomic mass is 79.9. The molecule has 0 aromatic rings. The molecule has 6 nitrogen and oxygen atoms in total. The van der Waals surface area contributed by atoms with Crippen LogP contribution in [-0.2, 0) is 19.1 Å². The van der Waals surface area contributed by atoms with E-state index in [2.05, 4.69) is 0 Å². The van der Waals surface area contributed by atoms with Gasteiger partial charge in [-0.25, -0.2) is 0 Å². The van der Waals surface area contributed by atoms with Gasteiger partial charge in [0.05, 0.1) is 4.97 Å². The van der Waals surface area contributed by atoms with Gasteiger partial charge in [-0.1, -0.05) is 44.9 Å². The molecule has 0 saturated heterocycles. The lowest BCUT2D eigenvalue weighted by Crippen LogP contribution is -3.00. The summed E-state index contributed by atoms with van der Waals surface area (Å²) in [6, 6.07) is 0. The van der Waals surface area contributed by atoms with E-state index in [0.29, 0.717) is 12.7 Å². The number of hydroxylamine groups is 3. The predicted octanol–water partition coefficient (Wildman–Crippen LogP) is 0.859. The maximum atomic E-state index is 10.5. The molecule has 0 aromatic carbocycles. The van der Waals surface area contributed by atoms with Crippen molar-refractivity contribution in [2.24, 2.45) is 0 Å². The number of halogens is 1. The summed E-state index contributed by atoms with van der Waals surface area (Å²) in [6.07, 6.45) is 12.1. The number of hydrogen-bond acceptors (Lipinski definition) is 4. The third-order valence-electron chi connectivity index (χ3n) is 3.91. The van der Waals surface area contributed by atoms with Crippen LogP contribution in [0.1, 0.15) is 64.2 Å². The van der Waals surface area contributed by atoms with Crippen LogP contribution in [0.4, 0.5) is 0 Å². The van der Waals surface area contributed by atoms with E-state index in [-0.39, 0.29) is 22.0 Å².